The summed E-state index contributed by atoms with van der Waals surface area (Å²) < 4.78 is 1.89. The number of nitrogens with one attached hydrogen (secondary N) is 1. The topological polar surface area (TPSA) is 73.0 Å². The molecule has 1 N–H and O–H groups in total. The van der Waals surface area contributed by atoms with E-state index in [0.29, 0.717) is 0 Å². The highest BCUT2D eigenvalue weighted by molar-refractivity contribution is 5.72. The molecule has 138 valence electrons. The van der Waals surface area contributed by atoms with Crippen molar-refractivity contribution in [2.45, 2.75) is 33.1 Å². The monoisotopic (exact) mass is 362 g/mol. The van der Waals surface area contributed by atoms with Crippen molar-refractivity contribution in [2.75, 3.05) is 11.9 Å². The van der Waals surface area contributed by atoms with Gasteiger partial charge in [-0.15, -0.1) is 0 Å². The Morgan fingerprint density at radius 2 is 1.78 bits per heavy atom. The summed E-state index contributed by atoms with van der Waals surface area (Å²) >= 11 is 0. The van der Waals surface area contributed by atoms with Crippen LogP contribution in [0.15, 0.2) is 42.5 Å². The second kappa shape index (κ2) is 6.87. The van der Waals surface area contributed by atoms with Gasteiger partial charge < -0.3 is 5.32 Å². The molecular formula is C21H22N4O2. The lowest BCUT2D eigenvalue weighted by molar-refractivity contribution is -0.384. The van der Waals surface area contributed by atoms with Crippen molar-refractivity contribution in [1.29, 1.82) is 0 Å². The molecule has 1 aliphatic rings. The van der Waals surface area contributed by atoms with Gasteiger partial charge in [0.1, 0.15) is 5.82 Å². The average Bonchev–Trinajstić information content (AvgIpc) is 2.82. The third-order valence-corrected chi connectivity index (χ3v) is 4.93. The lowest BCUT2D eigenvalue weighted by Crippen LogP contribution is -2.07. The van der Waals surface area contributed by atoms with Gasteiger partial charge in [-0.2, -0.15) is 5.10 Å². The van der Waals surface area contributed by atoms with E-state index in [2.05, 4.69) is 37.4 Å². The van der Waals surface area contributed by atoms with Crippen molar-refractivity contribution in [3.05, 3.63) is 69.3 Å². The SMILES string of the molecule is Cc1cc(C)cc(-c2nn(-c3ccc([N+](=O)[O-])cc3)c3c2CCCCN3)c1. The molecule has 6 nitrogen and oxygen atoms in total. The van der Waals surface area contributed by atoms with Gasteiger partial charge in [-0.1, -0.05) is 17.2 Å². The minimum Gasteiger partial charge on any atom is -0.370 e. The van der Waals surface area contributed by atoms with Crippen molar-refractivity contribution in [3.63, 3.8) is 0 Å². The summed E-state index contributed by atoms with van der Waals surface area (Å²) in [5, 5.41) is 19.4. The van der Waals surface area contributed by atoms with E-state index < -0.39 is 0 Å². The van der Waals surface area contributed by atoms with Crippen LogP contribution in [0.3, 0.4) is 0 Å². The van der Waals surface area contributed by atoms with Gasteiger partial charge in [-0.25, -0.2) is 4.68 Å². The molecule has 0 amide bonds. The van der Waals surface area contributed by atoms with E-state index in [0.717, 1.165) is 48.6 Å². The van der Waals surface area contributed by atoms with E-state index >= 15 is 0 Å². The zero-order valence-corrected chi connectivity index (χ0v) is 15.5. The van der Waals surface area contributed by atoms with Gasteiger partial charge in [0.25, 0.3) is 5.69 Å². The lowest BCUT2D eigenvalue weighted by atomic mass is 10.00. The van der Waals surface area contributed by atoms with E-state index in [-0.39, 0.29) is 10.6 Å². The highest BCUT2D eigenvalue weighted by Crippen LogP contribution is 2.35. The average molecular weight is 362 g/mol. The molecule has 0 unspecified atom stereocenters. The molecule has 4 rings (SSSR count). The Morgan fingerprint density at radius 3 is 2.44 bits per heavy atom. The standard InChI is InChI=1S/C21H22N4O2/c1-14-11-15(2)13-16(12-14)20-19-5-3-4-10-22-21(19)24(23-20)17-6-8-18(9-7-17)25(26)27/h6-9,11-13,22H,3-5,10H2,1-2H3. The molecule has 0 bridgehead atoms. The van der Waals surface area contributed by atoms with Crippen LogP contribution in [0.1, 0.15) is 29.5 Å². The van der Waals surface area contributed by atoms with E-state index in [4.69, 9.17) is 5.10 Å². The predicted octanol–water partition coefficient (Wildman–Crippen LogP) is 4.81. The van der Waals surface area contributed by atoms with Gasteiger partial charge in [0.2, 0.25) is 0 Å². The van der Waals surface area contributed by atoms with Crippen molar-refractivity contribution < 1.29 is 4.92 Å². The minimum absolute atomic E-state index is 0.0829. The first-order valence-corrected chi connectivity index (χ1v) is 9.22. The summed E-state index contributed by atoms with van der Waals surface area (Å²) in [7, 11) is 0. The maximum atomic E-state index is 11.0. The number of hydrogen-bond acceptors (Lipinski definition) is 4. The first-order valence-electron chi connectivity index (χ1n) is 9.22. The van der Waals surface area contributed by atoms with Crippen LogP contribution in [0.2, 0.25) is 0 Å². The van der Waals surface area contributed by atoms with Crippen LogP contribution >= 0.6 is 0 Å². The van der Waals surface area contributed by atoms with E-state index in [1.807, 2.05) is 4.68 Å². The van der Waals surface area contributed by atoms with Crippen LogP contribution in [0.5, 0.6) is 0 Å². The zero-order valence-electron chi connectivity index (χ0n) is 15.5. The first-order chi connectivity index (χ1) is 13.0. The molecule has 6 heteroatoms. The summed E-state index contributed by atoms with van der Waals surface area (Å²) in [6.45, 7) is 5.10. The Labute approximate surface area is 158 Å². The summed E-state index contributed by atoms with van der Waals surface area (Å²) in [5.74, 6) is 0.996. The van der Waals surface area contributed by atoms with Crippen molar-refractivity contribution in [2.24, 2.45) is 0 Å². The molecule has 0 fully saturated rings. The third-order valence-electron chi connectivity index (χ3n) is 4.93. The molecule has 2 aromatic carbocycles. The molecular weight excluding hydrogens is 340 g/mol. The number of fused-ring (bicyclic) bond motifs is 1. The molecule has 3 aromatic rings. The molecule has 27 heavy (non-hydrogen) atoms. The van der Waals surface area contributed by atoms with Crippen LogP contribution in [-0.2, 0) is 6.42 Å². The summed E-state index contributed by atoms with van der Waals surface area (Å²) in [6, 6.07) is 13.1. The fourth-order valence-electron chi connectivity index (χ4n) is 3.75. The smallest absolute Gasteiger partial charge is 0.269 e. The van der Waals surface area contributed by atoms with Crippen LogP contribution in [0.4, 0.5) is 11.5 Å². The molecule has 0 radical (unpaired) electrons. The molecule has 2 heterocycles. The van der Waals surface area contributed by atoms with E-state index in [1.165, 1.54) is 28.8 Å². The largest absolute Gasteiger partial charge is 0.370 e. The first kappa shape index (κ1) is 17.3. The fraction of sp³-hybridized carbons (Fsp3) is 0.286. The van der Waals surface area contributed by atoms with Crippen LogP contribution in [-0.4, -0.2) is 21.2 Å². The van der Waals surface area contributed by atoms with Crippen molar-refractivity contribution in [1.82, 2.24) is 9.78 Å². The Balaban J connectivity index is 1.87. The molecule has 0 aliphatic carbocycles. The van der Waals surface area contributed by atoms with Gasteiger partial charge in [0.15, 0.2) is 0 Å². The molecule has 1 aromatic heterocycles. The number of hydrogen-bond donors (Lipinski definition) is 1. The number of nitro benzene ring substituents is 1. The Kier molecular flexibility index (Phi) is 4.39. The summed E-state index contributed by atoms with van der Waals surface area (Å²) in [6.07, 6.45) is 3.20. The minimum atomic E-state index is -0.382. The predicted molar refractivity (Wildman–Crippen MR) is 107 cm³/mol. The number of aryl methyl sites for hydroxylation is 2. The van der Waals surface area contributed by atoms with E-state index in [1.54, 1.807) is 12.1 Å². The summed E-state index contributed by atoms with van der Waals surface area (Å²) in [4.78, 5) is 10.6. The normalized spacial score (nSPS) is 13.6. The number of nitro groups is 1. The highest BCUT2D eigenvalue weighted by Gasteiger charge is 2.22. The molecule has 0 saturated heterocycles. The summed E-state index contributed by atoms with van der Waals surface area (Å²) in [5.41, 5.74) is 6.66. The van der Waals surface area contributed by atoms with Crippen LogP contribution in [0, 0.1) is 24.0 Å². The van der Waals surface area contributed by atoms with Crippen molar-refractivity contribution >= 4 is 11.5 Å². The lowest BCUT2D eigenvalue weighted by Gasteiger charge is -2.09. The maximum absolute atomic E-state index is 11.0. The van der Waals surface area contributed by atoms with Crippen molar-refractivity contribution in [3.8, 4) is 16.9 Å². The van der Waals surface area contributed by atoms with Gasteiger partial charge in [0.05, 0.1) is 16.3 Å². The quantitative estimate of drug-likeness (QED) is 0.536. The molecule has 0 atom stereocenters. The molecule has 0 spiro atoms. The van der Waals surface area contributed by atoms with Crippen LogP contribution < -0.4 is 5.32 Å². The molecule has 0 saturated carbocycles. The zero-order chi connectivity index (χ0) is 19.0. The maximum Gasteiger partial charge on any atom is 0.269 e. The molecule has 1 aliphatic heterocycles. The number of benzene rings is 2. The highest BCUT2D eigenvalue weighted by atomic mass is 16.6. The number of non-ortho nitro benzene ring substituents is 1. The number of anilines is 1. The fourth-order valence-corrected chi connectivity index (χ4v) is 3.75. The Morgan fingerprint density at radius 1 is 1.07 bits per heavy atom. The number of aromatic nitrogens is 2. The van der Waals surface area contributed by atoms with E-state index in [9.17, 15) is 10.1 Å². The third kappa shape index (κ3) is 3.30. The van der Waals surface area contributed by atoms with Crippen LogP contribution in [0.25, 0.3) is 16.9 Å². The van der Waals surface area contributed by atoms with Gasteiger partial charge in [-0.05, 0) is 57.4 Å². The Bertz CT molecular complexity index is 986. The van der Waals surface area contributed by atoms with Gasteiger partial charge in [-0.3, -0.25) is 10.1 Å². The van der Waals surface area contributed by atoms with Gasteiger partial charge >= 0.3 is 0 Å². The van der Waals surface area contributed by atoms with Gasteiger partial charge in [0, 0.05) is 29.8 Å². The second-order valence-electron chi connectivity index (χ2n) is 7.12. The second-order valence-corrected chi connectivity index (χ2v) is 7.12. The number of rotatable bonds is 3. The number of nitrogens with zero attached hydrogens (tertiary/aromatic N) is 3. The Hall–Kier alpha value is -3.15.